The van der Waals surface area contributed by atoms with Crippen molar-refractivity contribution in [1.82, 2.24) is 9.88 Å². The number of fused-ring (bicyclic) bond motifs is 4. The smallest absolute Gasteiger partial charge is 0.160 e. The van der Waals surface area contributed by atoms with E-state index in [0.717, 1.165) is 47.2 Å². The average Bonchev–Trinajstić information content (AvgIpc) is 3.37. The van der Waals surface area contributed by atoms with Gasteiger partial charge in [-0.05, 0) is 96.2 Å². The van der Waals surface area contributed by atoms with Crippen molar-refractivity contribution in [3.8, 4) is 28.7 Å². The zero-order valence-electron chi connectivity index (χ0n) is 26.5. The molecule has 238 valence electrons. The van der Waals surface area contributed by atoms with Gasteiger partial charge in [0, 0.05) is 47.6 Å². The lowest BCUT2D eigenvalue weighted by Crippen LogP contribution is -2.56. The summed E-state index contributed by atoms with van der Waals surface area (Å²) in [6.45, 7) is 4.70. The van der Waals surface area contributed by atoms with Gasteiger partial charge in [-0.15, -0.1) is 0 Å². The summed E-state index contributed by atoms with van der Waals surface area (Å²) in [5, 5.41) is 33.7. The molecular formula is C37H44N2O6. The van der Waals surface area contributed by atoms with Gasteiger partial charge in [-0.1, -0.05) is 25.5 Å². The Balaban J connectivity index is 1.30. The molecule has 0 amide bonds. The van der Waals surface area contributed by atoms with Gasteiger partial charge in [0.15, 0.2) is 23.0 Å². The SMILES string of the molecule is CC[C@H]1C[C@@H]2C[C@H]3c4[nH]c5cc(C[C@@H](c6ccc(O)c(OC)c6)[C@H](O)c6ccc(O)c(OC)c6)c(OC)cc5c4CCN(C2)[C@@H]13. The number of aliphatic hydroxyl groups excluding tert-OH is 1. The average molecular weight is 613 g/mol. The molecule has 2 saturated heterocycles. The van der Waals surface area contributed by atoms with E-state index >= 15 is 0 Å². The summed E-state index contributed by atoms with van der Waals surface area (Å²) in [6.07, 6.45) is 4.39. The number of methoxy groups -OCH3 is 3. The standard InChI is InChI=1S/C37H44N2O6/c1-5-21-12-20-13-28-35-25(10-11-39(19-20)36(21)28)27-18-32(43-2)24(15-29(27)38-35)14-26(22-6-8-30(40)33(16-22)44-3)37(42)23-7-9-31(41)34(17-23)45-4/h6-9,15-18,20-21,26,28,36-38,40-42H,5,10-14,19H2,1-4H3/t20-,21+,26+,28+,36+,37-/m1/s1. The third-order valence-corrected chi connectivity index (χ3v) is 10.9. The quantitative estimate of drug-likeness (QED) is 0.173. The highest BCUT2D eigenvalue weighted by atomic mass is 16.5. The normalized spacial score (nSPS) is 25.0. The first kappa shape index (κ1) is 29.8. The minimum atomic E-state index is -0.954. The second-order valence-corrected chi connectivity index (χ2v) is 13.2. The van der Waals surface area contributed by atoms with Crippen molar-refractivity contribution in [2.24, 2.45) is 11.8 Å². The van der Waals surface area contributed by atoms with Crippen LogP contribution in [-0.4, -0.2) is 65.7 Å². The first-order valence-electron chi connectivity index (χ1n) is 16.2. The highest BCUT2D eigenvalue weighted by molar-refractivity contribution is 5.87. The maximum Gasteiger partial charge on any atom is 0.160 e. The Morgan fingerprint density at radius 3 is 2.27 bits per heavy atom. The summed E-state index contributed by atoms with van der Waals surface area (Å²) >= 11 is 0. The number of aromatic amines is 1. The molecule has 8 rings (SSSR count). The molecular weight excluding hydrogens is 568 g/mol. The van der Waals surface area contributed by atoms with Gasteiger partial charge in [-0.25, -0.2) is 0 Å². The van der Waals surface area contributed by atoms with E-state index in [4.69, 9.17) is 14.2 Å². The van der Waals surface area contributed by atoms with Gasteiger partial charge in [-0.2, -0.15) is 0 Å². The Morgan fingerprint density at radius 2 is 1.58 bits per heavy atom. The van der Waals surface area contributed by atoms with Crippen LogP contribution in [0.2, 0.25) is 0 Å². The van der Waals surface area contributed by atoms with Crippen molar-refractivity contribution in [2.75, 3.05) is 34.4 Å². The number of nitrogens with one attached hydrogen (secondary N) is 1. The molecule has 1 saturated carbocycles. The molecule has 4 aliphatic rings. The second kappa shape index (κ2) is 11.8. The second-order valence-electron chi connectivity index (χ2n) is 13.2. The molecule has 8 heteroatoms. The van der Waals surface area contributed by atoms with Crippen LogP contribution in [0.25, 0.3) is 10.9 Å². The topological polar surface area (TPSA) is 107 Å². The van der Waals surface area contributed by atoms with Crippen molar-refractivity contribution in [3.63, 3.8) is 0 Å². The van der Waals surface area contributed by atoms with Crippen LogP contribution in [0.3, 0.4) is 0 Å². The van der Waals surface area contributed by atoms with Gasteiger partial charge in [0.2, 0.25) is 0 Å². The van der Waals surface area contributed by atoms with Crippen molar-refractivity contribution in [2.45, 2.75) is 63.0 Å². The van der Waals surface area contributed by atoms with Gasteiger partial charge < -0.3 is 34.5 Å². The van der Waals surface area contributed by atoms with E-state index in [9.17, 15) is 15.3 Å². The monoisotopic (exact) mass is 612 g/mol. The summed E-state index contributed by atoms with van der Waals surface area (Å²) in [7, 11) is 4.71. The van der Waals surface area contributed by atoms with Crippen LogP contribution in [0.15, 0.2) is 48.5 Å². The molecule has 45 heavy (non-hydrogen) atoms. The molecule has 1 unspecified atom stereocenters. The fourth-order valence-electron chi connectivity index (χ4n) is 8.80. The van der Waals surface area contributed by atoms with E-state index in [1.165, 1.54) is 62.7 Å². The Labute approximate surface area is 264 Å². The molecule has 4 heterocycles. The van der Waals surface area contributed by atoms with Crippen LogP contribution < -0.4 is 14.2 Å². The van der Waals surface area contributed by atoms with Crippen LogP contribution in [0, 0.1) is 11.8 Å². The van der Waals surface area contributed by atoms with Gasteiger partial charge >= 0.3 is 0 Å². The third-order valence-electron chi connectivity index (χ3n) is 10.9. The number of nitrogens with zero attached hydrogens (tertiary/aromatic N) is 1. The fourth-order valence-corrected chi connectivity index (χ4v) is 8.80. The predicted octanol–water partition coefficient (Wildman–Crippen LogP) is 6.42. The summed E-state index contributed by atoms with van der Waals surface area (Å²) in [5.41, 5.74) is 6.34. The lowest BCUT2D eigenvalue weighted by atomic mass is 9.65. The summed E-state index contributed by atoms with van der Waals surface area (Å²) in [5.74, 6) is 3.10. The molecule has 3 aromatic carbocycles. The van der Waals surface area contributed by atoms with Crippen LogP contribution in [0.5, 0.6) is 28.7 Å². The van der Waals surface area contributed by atoms with E-state index in [1.807, 2.05) is 6.07 Å². The van der Waals surface area contributed by atoms with Crippen molar-refractivity contribution < 1.29 is 29.5 Å². The highest BCUT2D eigenvalue weighted by Gasteiger charge is 2.48. The molecule has 4 bridgehead atoms. The number of ether oxygens (including phenoxy) is 3. The molecule has 8 nitrogen and oxygen atoms in total. The molecule has 0 spiro atoms. The Bertz CT molecular complexity index is 1720. The zero-order valence-corrected chi connectivity index (χ0v) is 26.5. The molecule has 3 aliphatic heterocycles. The van der Waals surface area contributed by atoms with Gasteiger partial charge in [0.1, 0.15) is 5.75 Å². The largest absolute Gasteiger partial charge is 0.504 e. The maximum absolute atomic E-state index is 11.9. The Hall–Kier alpha value is -3.88. The summed E-state index contributed by atoms with van der Waals surface area (Å²) < 4.78 is 16.8. The Morgan fingerprint density at radius 1 is 0.889 bits per heavy atom. The molecule has 1 aromatic heterocycles. The number of phenolic OH excluding ortho intramolecular Hbond substituents is 2. The van der Waals surface area contributed by atoms with Crippen LogP contribution in [-0.2, 0) is 12.8 Å². The summed E-state index contributed by atoms with van der Waals surface area (Å²) in [6, 6.07) is 15.1. The Kier molecular flexibility index (Phi) is 7.82. The number of aromatic hydroxyl groups is 2. The number of hydrogen-bond acceptors (Lipinski definition) is 7. The minimum absolute atomic E-state index is 0.00880. The molecule has 0 radical (unpaired) electrons. The number of aliphatic hydroxyl groups is 1. The number of piperidine rings is 2. The molecule has 7 atom stereocenters. The van der Waals surface area contributed by atoms with E-state index < -0.39 is 12.0 Å². The van der Waals surface area contributed by atoms with Crippen LogP contribution >= 0.6 is 0 Å². The third kappa shape index (κ3) is 5.08. The number of phenols is 2. The van der Waals surface area contributed by atoms with Crippen LogP contribution in [0.4, 0.5) is 0 Å². The lowest BCUT2D eigenvalue weighted by Gasteiger charge is -2.53. The zero-order chi connectivity index (χ0) is 31.4. The van der Waals surface area contributed by atoms with E-state index in [2.05, 4.69) is 28.9 Å². The number of H-pyrrole nitrogens is 1. The van der Waals surface area contributed by atoms with Crippen molar-refractivity contribution in [1.29, 1.82) is 0 Å². The minimum Gasteiger partial charge on any atom is -0.504 e. The number of aromatic nitrogens is 1. The van der Waals surface area contributed by atoms with Crippen LogP contribution in [0.1, 0.15) is 72.1 Å². The number of rotatable bonds is 9. The maximum atomic E-state index is 11.9. The van der Waals surface area contributed by atoms with Gasteiger partial charge in [0.25, 0.3) is 0 Å². The van der Waals surface area contributed by atoms with Crippen molar-refractivity contribution in [3.05, 3.63) is 76.5 Å². The molecule has 4 aromatic rings. The number of benzene rings is 3. The first-order valence-corrected chi connectivity index (χ1v) is 16.2. The lowest BCUT2D eigenvalue weighted by molar-refractivity contribution is -0.0134. The molecule has 3 fully saturated rings. The molecule has 1 aliphatic carbocycles. The predicted molar refractivity (Wildman–Crippen MR) is 174 cm³/mol. The number of hydrogen-bond donors (Lipinski definition) is 4. The van der Waals surface area contributed by atoms with E-state index in [1.54, 1.807) is 31.4 Å². The van der Waals surface area contributed by atoms with Gasteiger partial charge in [-0.3, -0.25) is 4.90 Å². The van der Waals surface area contributed by atoms with Gasteiger partial charge in [0.05, 0.1) is 27.4 Å². The fraction of sp³-hybridized carbons (Fsp3) is 0.459. The molecule has 4 N–H and O–H groups in total. The van der Waals surface area contributed by atoms with E-state index in [-0.39, 0.29) is 11.5 Å². The van der Waals surface area contributed by atoms with E-state index in [0.29, 0.717) is 35.4 Å². The summed E-state index contributed by atoms with van der Waals surface area (Å²) in [4.78, 5) is 6.69. The van der Waals surface area contributed by atoms with Crippen molar-refractivity contribution >= 4 is 10.9 Å². The first-order chi connectivity index (χ1) is 21.8. The highest BCUT2D eigenvalue weighted by Crippen LogP contribution is 2.51.